The highest BCUT2D eigenvalue weighted by atomic mass is 19.1. The number of aryl methyl sites for hydroxylation is 1. The lowest BCUT2D eigenvalue weighted by Crippen LogP contribution is -2.16. The number of nitrogens with zero attached hydrogens (tertiary/aromatic N) is 2. The minimum absolute atomic E-state index is 0.0494. The smallest absolute Gasteiger partial charge is 0.412 e. The van der Waals surface area contributed by atoms with Gasteiger partial charge in [0, 0.05) is 17.3 Å². The van der Waals surface area contributed by atoms with Crippen LogP contribution in [0.3, 0.4) is 0 Å². The highest BCUT2D eigenvalue weighted by Crippen LogP contribution is 2.38. The SMILES string of the molecule is Cc1noc(-c2cc(F)c(-c3cc(F)c(Oc4ncccc4CO)c(F)c3)cc2F)c1NC(=O)OC(C)c1ccccc1. The number of benzene rings is 3. The molecule has 2 N–H and O–H groups in total. The Labute approximate surface area is 242 Å². The second-order valence-corrected chi connectivity index (χ2v) is 9.36. The summed E-state index contributed by atoms with van der Waals surface area (Å²) in [6, 6.07) is 14.9. The van der Waals surface area contributed by atoms with E-state index in [9.17, 15) is 18.7 Å². The average molecular weight is 594 g/mol. The molecule has 0 radical (unpaired) electrons. The topological polar surface area (TPSA) is 107 Å². The zero-order chi connectivity index (χ0) is 30.7. The van der Waals surface area contributed by atoms with Crippen LogP contribution in [0.2, 0.25) is 0 Å². The zero-order valence-electron chi connectivity index (χ0n) is 22.7. The molecule has 0 fully saturated rings. The largest absolute Gasteiger partial charge is 0.441 e. The number of aliphatic hydroxyl groups is 1. The Bertz CT molecular complexity index is 1770. The molecule has 2 heterocycles. The number of hydrogen-bond acceptors (Lipinski definition) is 7. The maximum absolute atomic E-state index is 15.4. The van der Waals surface area contributed by atoms with Gasteiger partial charge in [0.25, 0.3) is 0 Å². The van der Waals surface area contributed by atoms with Crippen LogP contribution in [0.5, 0.6) is 11.6 Å². The van der Waals surface area contributed by atoms with E-state index >= 15 is 8.78 Å². The van der Waals surface area contributed by atoms with E-state index in [0.717, 1.165) is 29.8 Å². The van der Waals surface area contributed by atoms with Gasteiger partial charge in [-0.1, -0.05) is 35.5 Å². The first-order valence-corrected chi connectivity index (χ1v) is 12.9. The number of carbonyl (C=O) groups excluding carboxylic acids is 1. The molecule has 1 amide bonds. The molecular weight excluding hydrogens is 570 g/mol. The summed E-state index contributed by atoms with van der Waals surface area (Å²) in [4.78, 5) is 16.4. The van der Waals surface area contributed by atoms with Crippen LogP contribution in [0.25, 0.3) is 22.5 Å². The number of aliphatic hydroxyl groups excluding tert-OH is 1. The second kappa shape index (κ2) is 12.3. The van der Waals surface area contributed by atoms with Crippen LogP contribution in [-0.4, -0.2) is 21.3 Å². The Morgan fingerprint density at radius 1 is 0.953 bits per heavy atom. The number of ether oxygens (including phenoxy) is 2. The molecule has 0 aliphatic heterocycles. The Morgan fingerprint density at radius 3 is 2.33 bits per heavy atom. The molecule has 5 aromatic rings. The van der Waals surface area contributed by atoms with Gasteiger partial charge in [-0.05, 0) is 61.4 Å². The van der Waals surface area contributed by atoms with Crippen molar-refractivity contribution in [2.75, 3.05) is 5.32 Å². The number of nitrogens with one attached hydrogen (secondary N) is 1. The van der Waals surface area contributed by atoms with Gasteiger partial charge in [-0.15, -0.1) is 0 Å². The van der Waals surface area contributed by atoms with Gasteiger partial charge in [-0.3, -0.25) is 5.32 Å². The van der Waals surface area contributed by atoms with Crippen LogP contribution < -0.4 is 10.1 Å². The lowest BCUT2D eigenvalue weighted by atomic mass is 10.0. The van der Waals surface area contributed by atoms with Crippen molar-refractivity contribution in [3.05, 3.63) is 113 Å². The van der Waals surface area contributed by atoms with Crippen LogP contribution >= 0.6 is 0 Å². The second-order valence-electron chi connectivity index (χ2n) is 9.36. The Balaban J connectivity index is 1.41. The molecule has 0 spiro atoms. The summed E-state index contributed by atoms with van der Waals surface area (Å²) in [5.74, 6) is -5.84. The number of rotatable bonds is 8. The van der Waals surface area contributed by atoms with Gasteiger partial charge in [-0.25, -0.2) is 27.3 Å². The van der Waals surface area contributed by atoms with Crippen LogP contribution in [0, 0.1) is 30.2 Å². The first kappa shape index (κ1) is 29.3. The minimum Gasteiger partial charge on any atom is -0.441 e. The predicted octanol–water partition coefficient (Wildman–Crippen LogP) is 7.86. The molecule has 1 unspecified atom stereocenters. The van der Waals surface area contributed by atoms with Crippen molar-refractivity contribution in [2.24, 2.45) is 0 Å². The number of halogens is 4. The fourth-order valence-corrected chi connectivity index (χ4v) is 4.27. The monoisotopic (exact) mass is 593 g/mol. The molecule has 0 aliphatic carbocycles. The van der Waals surface area contributed by atoms with Gasteiger partial charge in [-0.2, -0.15) is 0 Å². The van der Waals surface area contributed by atoms with Crippen molar-refractivity contribution < 1.29 is 41.5 Å². The maximum Gasteiger partial charge on any atom is 0.412 e. The third-order valence-corrected chi connectivity index (χ3v) is 6.47. The summed E-state index contributed by atoms with van der Waals surface area (Å²) in [5, 5.41) is 15.6. The summed E-state index contributed by atoms with van der Waals surface area (Å²) >= 11 is 0. The van der Waals surface area contributed by atoms with E-state index in [4.69, 9.17) is 14.0 Å². The molecule has 3 aromatic carbocycles. The molecule has 43 heavy (non-hydrogen) atoms. The van der Waals surface area contributed by atoms with Crippen molar-refractivity contribution >= 4 is 11.8 Å². The Kier molecular flexibility index (Phi) is 8.39. The zero-order valence-corrected chi connectivity index (χ0v) is 22.7. The molecular formula is C31H23F4N3O5. The van der Waals surface area contributed by atoms with Crippen LogP contribution in [0.15, 0.2) is 77.4 Å². The number of hydrogen-bond donors (Lipinski definition) is 2. The Morgan fingerprint density at radius 2 is 1.63 bits per heavy atom. The van der Waals surface area contributed by atoms with Gasteiger partial charge in [0.1, 0.15) is 29.1 Å². The summed E-state index contributed by atoms with van der Waals surface area (Å²) in [6.07, 6.45) is -0.188. The summed E-state index contributed by atoms with van der Waals surface area (Å²) < 4.78 is 76.3. The predicted molar refractivity (Wildman–Crippen MR) is 147 cm³/mol. The molecule has 2 aromatic heterocycles. The number of amides is 1. The molecule has 1 atom stereocenters. The van der Waals surface area contributed by atoms with Crippen molar-refractivity contribution in [2.45, 2.75) is 26.6 Å². The molecule has 5 rings (SSSR count). The average Bonchev–Trinajstić information content (AvgIpc) is 3.35. The highest BCUT2D eigenvalue weighted by Gasteiger charge is 2.25. The quantitative estimate of drug-likeness (QED) is 0.176. The standard InChI is InChI=1S/C31H23F4N3O5/c1-16-27(37-31(40)41-17(2)18-7-4-3-5-8-18)28(43-38-16)22-14-23(32)21(13-24(22)33)20-11-25(34)29(26(35)12-20)42-30-19(15-39)9-6-10-36-30/h3-14,17,39H,15H2,1-2H3,(H,37,40). The number of carbonyl (C=O) groups is 1. The van der Waals surface area contributed by atoms with Crippen LogP contribution in [0.1, 0.15) is 29.8 Å². The fourth-order valence-electron chi connectivity index (χ4n) is 4.27. The molecule has 0 bridgehead atoms. The van der Waals surface area contributed by atoms with Gasteiger partial charge in [0.05, 0.1) is 12.2 Å². The summed E-state index contributed by atoms with van der Waals surface area (Å²) in [5.41, 5.74) is -0.138. The van der Waals surface area contributed by atoms with E-state index in [1.807, 2.05) is 6.07 Å². The van der Waals surface area contributed by atoms with Crippen molar-refractivity contribution in [3.8, 4) is 34.1 Å². The molecule has 0 saturated heterocycles. The van der Waals surface area contributed by atoms with Gasteiger partial charge < -0.3 is 19.1 Å². The molecule has 0 saturated carbocycles. The van der Waals surface area contributed by atoms with Gasteiger partial charge in [0.2, 0.25) is 11.6 Å². The van der Waals surface area contributed by atoms with E-state index in [1.165, 1.54) is 25.3 Å². The lowest BCUT2D eigenvalue weighted by molar-refractivity contribution is 0.121. The van der Waals surface area contributed by atoms with Crippen LogP contribution in [-0.2, 0) is 11.3 Å². The van der Waals surface area contributed by atoms with Crippen molar-refractivity contribution in [1.29, 1.82) is 0 Å². The normalized spacial score (nSPS) is 11.7. The first-order valence-electron chi connectivity index (χ1n) is 12.9. The van der Waals surface area contributed by atoms with Crippen LogP contribution in [0.4, 0.5) is 28.0 Å². The number of anilines is 1. The maximum atomic E-state index is 15.4. The number of aromatic nitrogens is 2. The summed E-state index contributed by atoms with van der Waals surface area (Å²) in [7, 11) is 0. The van der Waals surface area contributed by atoms with E-state index in [0.29, 0.717) is 0 Å². The van der Waals surface area contributed by atoms with E-state index in [-0.39, 0.29) is 34.1 Å². The van der Waals surface area contributed by atoms with Crippen molar-refractivity contribution in [3.63, 3.8) is 0 Å². The Hall–Kier alpha value is -5.23. The van der Waals surface area contributed by atoms with E-state index < -0.39 is 58.9 Å². The van der Waals surface area contributed by atoms with Gasteiger partial charge in [0.15, 0.2) is 17.4 Å². The summed E-state index contributed by atoms with van der Waals surface area (Å²) in [6.45, 7) is 2.66. The fraction of sp³-hybridized carbons (Fsp3) is 0.129. The van der Waals surface area contributed by atoms with E-state index in [2.05, 4.69) is 15.5 Å². The first-order chi connectivity index (χ1) is 20.7. The third kappa shape index (κ3) is 6.19. The third-order valence-electron chi connectivity index (χ3n) is 6.47. The van der Waals surface area contributed by atoms with Crippen molar-refractivity contribution in [1.82, 2.24) is 10.1 Å². The molecule has 8 nitrogen and oxygen atoms in total. The van der Waals surface area contributed by atoms with Gasteiger partial charge >= 0.3 is 6.09 Å². The molecule has 12 heteroatoms. The molecule has 0 aliphatic rings. The lowest BCUT2D eigenvalue weighted by Gasteiger charge is -2.14. The number of pyridine rings is 1. The molecule has 220 valence electrons. The minimum atomic E-state index is -1.21. The van der Waals surface area contributed by atoms with E-state index in [1.54, 1.807) is 31.2 Å². The highest BCUT2D eigenvalue weighted by molar-refractivity contribution is 5.91.